The first-order chi connectivity index (χ1) is 7.85. The molecule has 0 saturated carbocycles. The van der Waals surface area contributed by atoms with Gasteiger partial charge in [0.05, 0.1) is 6.61 Å². The topological polar surface area (TPSA) is 26.2 Å². The van der Waals surface area contributed by atoms with Crippen LogP contribution in [0, 0.1) is 0 Å². The van der Waals surface area contributed by atoms with Crippen LogP contribution >= 0.6 is 0 Å². The van der Waals surface area contributed by atoms with E-state index in [1.807, 2.05) is 6.92 Å². The average Bonchev–Trinajstić information content (AvgIpc) is 2.71. The van der Waals surface area contributed by atoms with Crippen molar-refractivity contribution in [2.45, 2.75) is 38.8 Å². The van der Waals surface area contributed by atoms with Crippen molar-refractivity contribution in [2.24, 2.45) is 0 Å². The average molecular weight is 222 g/mol. The lowest BCUT2D eigenvalue weighted by Gasteiger charge is -2.21. The summed E-state index contributed by atoms with van der Waals surface area (Å²) in [7, 11) is 2.05. The van der Waals surface area contributed by atoms with E-state index >= 15 is 0 Å². The van der Waals surface area contributed by atoms with Crippen LogP contribution in [0.2, 0.25) is 0 Å². The van der Waals surface area contributed by atoms with E-state index in [1.54, 1.807) is 0 Å². The van der Waals surface area contributed by atoms with Crippen LogP contribution in [-0.2, 0) is 17.7 Å². The minimum absolute atomic E-state index is 0.553. The molecule has 16 heavy (non-hydrogen) atoms. The van der Waals surface area contributed by atoms with Crippen molar-refractivity contribution in [1.82, 2.24) is 9.88 Å². The molecule has 1 aliphatic rings. The van der Waals surface area contributed by atoms with Gasteiger partial charge in [-0.2, -0.15) is 0 Å². The van der Waals surface area contributed by atoms with Crippen LogP contribution in [0.25, 0.3) is 0 Å². The molecule has 0 aromatic carbocycles. The molecule has 1 N–H and O–H groups in total. The van der Waals surface area contributed by atoms with Gasteiger partial charge < -0.3 is 14.6 Å². The van der Waals surface area contributed by atoms with Crippen molar-refractivity contribution < 1.29 is 4.74 Å². The number of hydrogen-bond donors (Lipinski definition) is 1. The molecule has 1 heterocycles. The van der Waals surface area contributed by atoms with Gasteiger partial charge >= 0.3 is 0 Å². The van der Waals surface area contributed by atoms with E-state index in [0.717, 1.165) is 19.8 Å². The van der Waals surface area contributed by atoms with Gasteiger partial charge in [-0.3, -0.25) is 0 Å². The molecule has 1 aliphatic carbocycles. The highest BCUT2D eigenvalue weighted by Crippen LogP contribution is 2.29. The minimum Gasteiger partial charge on any atom is -0.380 e. The molecule has 2 rings (SSSR count). The summed E-state index contributed by atoms with van der Waals surface area (Å²) in [6.45, 7) is 4.63. The first-order valence-corrected chi connectivity index (χ1v) is 6.28. The Kier molecular flexibility index (Phi) is 4.02. The zero-order valence-electron chi connectivity index (χ0n) is 10.3. The van der Waals surface area contributed by atoms with Crippen LogP contribution in [0.15, 0.2) is 12.4 Å². The van der Waals surface area contributed by atoms with Crippen LogP contribution in [0.1, 0.15) is 36.9 Å². The number of hydrogen-bond acceptors (Lipinski definition) is 2. The van der Waals surface area contributed by atoms with Gasteiger partial charge in [0, 0.05) is 31.6 Å². The normalized spacial score (nSPS) is 19.8. The lowest BCUT2D eigenvalue weighted by atomic mass is 9.91. The molecule has 0 bridgehead atoms. The van der Waals surface area contributed by atoms with Crippen molar-refractivity contribution in [3.63, 3.8) is 0 Å². The molecule has 1 aromatic heterocycles. The smallest absolute Gasteiger partial charge is 0.0645 e. The van der Waals surface area contributed by atoms with Crippen LogP contribution < -0.4 is 5.32 Å². The molecule has 3 heteroatoms. The van der Waals surface area contributed by atoms with E-state index in [4.69, 9.17) is 4.74 Å². The number of ether oxygens (including phenoxy) is 1. The Bertz CT molecular complexity index is 333. The second-order valence-electron chi connectivity index (χ2n) is 4.41. The standard InChI is InChI=1S/C13H22N2O/c1-3-16-8-7-15-9-11-5-4-6-13(14-2)12(11)10-15/h9-10,13-14H,3-8H2,1-2H3. The predicted molar refractivity (Wildman–Crippen MR) is 65.7 cm³/mol. The molecule has 1 atom stereocenters. The lowest BCUT2D eigenvalue weighted by Crippen LogP contribution is -2.20. The van der Waals surface area contributed by atoms with Gasteiger partial charge in [0.15, 0.2) is 0 Å². The Hall–Kier alpha value is -0.800. The van der Waals surface area contributed by atoms with Crippen molar-refractivity contribution in [2.75, 3.05) is 20.3 Å². The Labute approximate surface area is 97.8 Å². The van der Waals surface area contributed by atoms with Crippen LogP contribution in [0.4, 0.5) is 0 Å². The fourth-order valence-electron chi connectivity index (χ4n) is 2.49. The molecule has 90 valence electrons. The van der Waals surface area contributed by atoms with Crippen molar-refractivity contribution >= 4 is 0 Å². The SMILES string of the molecule is CCOCCn1cc2c(c1)C(NC)CCC2. The maximum Gasteiger partial charge on any atom is 0.0645 e. The summed E-state index contributed by atoms with van der Waals surface area (Å²) < 4.78 is 7.66. The number of rotatable bonds is 5. The fourth-order valence-corrected chi connectivity index (χ4v) is 2.49. The quantitative estimate of drug-likeness (QED) is 0.772. The molecule has 0 amide bonds. The van der Waals surface area contributed by atoms with E-state index in [-0.39, 0.29) is 0 Å². The van der Waals surface area contributed by atoms with Crippen LogP contribution in [0.5, 0.6) is 0 Å². The lowest BCUT2D eigenvalue weighted by molar-refractivity contribution is 0.139. The maximum absolute atomic E-state index is 5.39. The third kappa shape index (κ3) is 2.47. The van der Waals surface area contributed by atoms with E-state index in [1.165, 1.54) is 30.4 Å². The van der Waals surface area contributed by atoms with Gasteiger partial charge in [-0.05, 0) is 44.4 Å². The zero-order valence-corrected chi connectivity index (χ0v) is 10.3. The van der Waals surface area contributed by atoms with Crippen molar-refractivity contribution in [3.8, 4) is 0 Å². The van der Waals surface area contributed by atoms with E-state index in [2.05, 4.69) is 29.3 Å². The molecule has 3 nitrogen and oxygen atoms in total. The maximum atomic E-state index is 5.39. The molecule has 1 aromatic rings. The monoisotopic (exact) mass is 222 g/mol. The number of fused-ring (bicyclic) bond motifs is 1. The number of nitrogens with zero attached hydrogens (tertiary/aromatic N) is 1. The summed E-state index contributed by atoms with van der Waals surface area (Å²) in [6.07, 6.45) is 8.37. The third-order valence-electron chi connectivity index (χ3n) is 3.36. The van der Waals surface area contributed by atoms with Crippen LogP contribution in [0.3, 0.4) is 0 Å². The number of nitrogens with one attached hydrogen (secondary N) is 1. The van der Waals surface area contributed by atoms with Gasteiger partial charge in [-0.1, -0.05) is 0 Å². The Morgan fingerprint density at radius 2 is 2.38 bits per heavy atom. The molecule has 0 saturated heterocycles. The van der Waals surface area contributed by atoms with E-state index in [0.29, 0.717) is 6.04 Å². The predicted octanol–water partition coefficient (Wildman–Crippen LogP) is 2.12. The fraction of sp³-hybridized carbons (Fsp3) is 0.692. The summed E-state index contributed by atoms with van der Waals surface area (Å²) in [5.74, 6) is 0. The second kappa shape index (κ2) is 5.51. The largest absolute Gasteiger partial charge is 0.380 e. The molecule has 0 spiro atoms. The van der Waals surface area contributed by atoms with Crippen molar-refractivity contribution in [3.05, 3.63) is 23.5 Å². The first kappa shape index (κ1) is 11.7. The highest BCUT2D eigenvalue weighted by atomic mass is 16.5. The molecular weight excluding hydrogens is 200 g/mol. The highest BCUT2D eigenvalue weighted by molar-refractivity contribution is 5.30. The third-order valence-corrected chi connectivity index (χ3v) is 3.36. The highest BCUT2D eigenvalue weighted by Gasteiger charge is 2.20. The molecule has 0 radical (unpaired) electrons. The summed E-state index contributed by atoms with van der Waals surface area (Å²) in [5.41, 5.74) is 3.01. The van der Waals surface area contributed by atoms with Gasteiger partial charge in [0.25, 0.3) is 0 Å². The first-order valence-electron chi connectivity index (χ1n) is 6.28. The molecular formula is C13H22N2O. The van der Waals surface area contributed by atoms with E-state index in [9.17, 15) is 0 Å². The van der Waals surface area contributed by atoms with E-state index < -0.39 is 0 Å². The summed E-state index contributed by atoms with van der Waals surface area (Å²) in [6, 6.07) is 0.553. The number of aromatic nitrogens is 1. The minimum atomic E-state index is 0.553. The molecule has 0 aliphatic heterocycles. The van der Waals surface area contributed by atoms with Gasteiger partial charge in [-0.15, -0.1) is 0 Å². The van der Waals surface area contributed by atoms with Crippen molar-refractivity contribution in [1.29, 1.82) is 0 Å². The van der Waals surface area contributed by atoms with Gasteiger partial charge in [-0.25, -0.2) is 0 Å². The summed E-state index contributed by atoms with van der Waals surface area (Å²) >= 11 is 0. The summed E-state index contributed by atoms with van der Waals surface area (Å²) in [4.78, 5) is 0. The zero-order chi connectivity index (χ0) is 11.4. The molecule has 0 fully saturated rings. The van der Waals surface area contributed by atoms with Gasteiger partial charge in [0.2, 0.25) is 0 Å². The Balaban J connectivity index is 2.03. The Morgan fingerprint density at radius 3 is 3.12 bits per heavy atom. The van der Waals surface area contributed by atoms with Gasteiger partial charge in [0.1, 0.15) is 0 Å². The number of aryl methyl sites for hydroxylation is 1. The second-order valence-corrected chi connectivity index (χ2v) is 4.41. The van der Waals surface area contributed by atoms with Crippen LogP contribution in [-0.4, -0.2) is 24.8 Å². The summed E-state index contributed by atoms with van der Waals surface area (Å²) in [5, 5.41) is 3.40. The Morgan fingerprint density at radius 1 is 1.50 bits per heavy atom. The molecule has 1 unspecified atom stereocenters.